The Labute approximate surface area is 161 Å². The Balaban J connectivity index is 2.12. The average Bonchev–Trinajstić information content (AvgIpc) is 2.61. The standard InChI is InChI=1S/C17H15Cl2N3O3S/c1-11(9-20)10-21-17(23)12-2-5-14(6-3-12)22-26(24,25)16-8-13(18)4-7-15(16)19/h2-8,11,22H,10H2,1H3,(H,21,23). The van der Waals surface area contributed by atoms with E-state index < -0.39 is 10.0 Å². The molecule has 6 nitrogen and oxygen atoms in total. The zero-order chi connectivity index (χ0) is 19.3. The van der Waals surface area contributed by atoms with Gasteiger partial charge in [-0.1, -0.05) is 23.2 Å². The summed E-state index contributed by atoms with van der Waals surface area (Å²) in [6.45, 7) is 1.93. The molecule has 1 atom stereocenters. The highest BCUT2D eigenvalue weighted by Crippen LogP contribution is 2.26. The number of rotatable bonds is 6. The number of carbonyl (C=O) groups is 1. The quantitative estimate of drug-likeness (QED) is 0.756. The van der Waals surface area contributed by atoms with Crippen molar-refractivity contribution in [3.63, 3.8) is 0 Å². The van der Waals surface area contributed by atoms with Gasteiger partial charge in [0.15, 0.2) is 0 Å². The van der Waals surface area contributed by atoms with Gasteiger partial charge in [0.05, 0.1) is 17.0 Å². The molecule has 0 saturated carbocycles. The molecule has 136 valence electrons. The van der Waals surface area contributed by atoms with Crippen LogP contribution in [-0.2, 0) is 10.0 Å². The minimum absolute atomic E-state index is 0.0458. The van der Waals surface area contributed by atoms with Crippen LogP contribution in [0, 0.1) is 17.2 Å². The molecule has 1 amide bonds. The lowest BCUT2D eigenvalue weighted by Gasteiger charge is -2.11. The van der Waals surface area contributed by atoms with Gasteiger partial charge in [0, 0.05) is 22.8 Å². The summed E-state index contributed by atoms with van der Waals surface area (Å²) in [7, 11) is -3.93. The number of nitriles is 1. The van der Waals surface area contributed by atoms with Crippen molar-refractivity contribution < 1.29 is 13.2 Å². The van der Waals surface area contributed by atoms with Crippen molar-refractivity contribution >= 4 is 44.8 Å². The third-order valence-electron chi connectivity index (χ3n) is 3.37. The number of nitrogens with zero attached hydrogens (tertiary/aromatic N) is 1. The SMILES string of the molecule is CC(C#N)CNC(=O)c1ccc(NS(=O)(=O)c2cc(Cl)ccc2Cl)cc1. The Kier molecular flexibility index (Phi) is 6.48. The van der Waals surface area contributed by atoms with Crippen LogP contribution in [0.3, 0.4) is 0 Å². The number of hydrogen-bond donors (Lipinski definition) is 2. The summed E-state index contributed by atoms with van der Waals surface area (Å²) in [5.41, 5.74) is 0.613. The zero-order valence-corrected chi connectivity index (χ0v) is 16.0. The molecule has 0 radical (unpaired) electrons. The number of halogens is 2. The summed E-state index contributed by atoms with van der Waals surface area (Å²) in [6, 6.07) is 12.0. The molecule has 0 aliphatic heterocycles. The van der Waals surface area contributed by atoms with Crippen LogP contribution in [0.1, 0.15) is 17.3 Å². The van der Waals surface area contributed by atoms with Gasteiger partial charge in [-0.2, -0.15) is 5.26 Å². The third-order valence-corrected chi connectivity index (χ3v) is 5.47. The molecule has 0 bridgehead atoms. The second-order valence-corrected chi connectivity index (χ2v) is 7.99. The first-order valence-corrected chi connectivity index (χ1v) is 9.72. The molecule has 0 aliphatic rings. The molecule has 1 unspecified atom stereocenters. The molecule has 2 aromatic carbocycles. The molecule has 2 aromatic rings. The lowest BCUT2D eigenvalue weighted by molar-refractivity contribution is 0.0951. The highest BCUT2D eigenvalue weighted by atomic mass is 35.5. The molecular formula is C17H15Cl2N3O3S. The van der Waals surface area contributed by atoms with Gasteiger partial charge in [-0.25, -0.2) is 8.42 Å². The van der Waals surface area contributed by atoms with Crippen LogP contribution in [-0.4, -0.2) is 20.9 Å². The smallest absolute Gasteiger partial charge is 0.263 e. The molecule has 0 aliphatic carbocycles. The van der Waals surface area contributed by atoms with Crippen LogP contribution in [0.15, 0.2) is 47.4 Å². The normalized spacial score (nSPS) is 12.1. The van der Waals surface area contributed by atoms with E-state index in [0.717, 1.165) is 0 Å². The Morgan fingerprint density at radius 1 is 1.19 bits per heavy atom. The third kappa shape index (κ3) is 5.11. The van der Waals surface area contributed by atoms with E-state index in [0.29, 0.717) is 5.56 Å². The van der Waals surface area contributed by atoms with E-state index in [1.807, 2.05) is 6.07 Å². The summed E-state index contributed by atoms with van der Waals surface area (Å²) in [4.78, 5) is 11.8. The molecule has 0 heterocycles. The predicted molar refractivity (Wildman–Crippen MR) is 101 cm³/mol. The fourth-order valence-electron chi connectivity index (χ4n) is 1.98. The van der Waals surface area contributed by atoms with Gasteiger partial charge in [0.25, 0.3) is 15.9 Å². The van der Waals surface area contributed by atoms with Crippen LogP contribution < -0.4 is 10.0 Å². The summed E-state index contributed by atoms with van der Waals surface area (Å²) < 4.78 is 27.3. The number of benzene rings is 2. The second kappa shape index (κ2) is 8.41. The van der Waals surface area contributed by atoms with E-state index in [4.69, 9.17) is 28.5 Å². The van der Waals surface area contributed by atoms with E-state index in [1.165, 1.54) is 42.5 Å². The monoisotopic (exact) mass is 411 g/mol. The zero-order valence-electron chi connectivity index (χ0n) is 13.7. The number of nitrogens with one attached hydrogen (secondary N) is 2. The molecule has 0 saturated heterocycles. The Bertz CT molecular complexity index is 954. The van der Waals surface area contributed by atoms with E-state index in [9.17, 15) is 13.2 Å². The first kappa shape index (κ1) is 20.0. The first-order valence-electron chi connectivity index (χ1n) is 7.48. The van der Waals surface area contributed by atoms with Crippen molar-refractivity contribution in [2.24, 2.45) is 5.92 Å². The fraction of sp³-hybridized carbons (Fsp3) is 0.176. The van der Waals surface area contributed by atoms with Crippen molar-refractivity contribution in [2.45, 2.75) is 11.8 Å². The number of hydrogen-bond acceptors (Lipinski definition) is 4. The van der Waals surface area contributed by atoms with Crippen LogP contribution >= 0.6 is 23.2 Å². The van der Waals surface area contributed by atoms with Crippen LogP contribution in [0.25, 0.3) is 0 Å². The van der Waals surface area contributed by atoms with E-state index in [2.05, 4.69) is 10.0 Å². The molecule has 0 aromatic heterocycles. The van der Waals surface area contributed by atoms with Crippen LogP contribution in [0.5, 0.6) is 0 Å². The van der Waals surface area contributed by atoms with Gasteiger partial charge in [-0.15, -0.1) is 0 Å². The van der Waals surface area contributed by atoms with Gasteiger partial charge in [0.2, 0.25) is 0 Å². The highest BCUT2D eigenvalue weighted by Gasteiger charge is 2.19. The van der Waals surface area contributed by atoms with Gasteiger partial charge in [-0.05, 0) is 49.4 Å². The van der Waals surface area contributed by atoms with E-state index >= 15 is 0 Å². The Hall–Kier alpha value is -2.27. The predicted octanol–water partition coefficient (Wildman–Crippen LogP) is 3.68. The molecule has 0 spiro atoms. The van der Waals surface area contributed by atoms with E-state index in [1.54, 1.807) is 6.92 Å². The van der Waals surface area contributed by atoms with Gasteiger partial charge >= 0.3 is 0 Å². The molecule has 2 N–H and O–H groups in total. The molecule has 0 fully saturated rings. The number of anilines is 1. The lowest BCUT2D eigenvalue weighted by Crippen LogP contribution is -2.27. The Morgan fingerprint density at radius 2 is 1.85 bits per heavy atom. The van der Waals surface area contributed by atoms with Crippen molar-refractivity contribution in [1.82, 2.24) is 5.32 Å². The van der Waals surface area contributed by atoms with Crippen LogP contribution in [0.4, 0.5) is 5.69 Å². The van der Waals surface area contributed by atoms with Crippen LogP contribution in [0.2, 0.25) is 10.0 Å². The maximum atomic E-state index is 12.4. The summed E-state index contributed by atoms with van der Waals surface area (Å²) in [6.07, 6.45) is 0. The highest BCUT2D eigenvalue weighted by molar-refractivity contribution is 7.92. The molecule has 9 heteroatoms. The van der Waals surface area contributed by atoms with Crippen molar-refractivity contribution in [3.8, 4) is 6.07 Å². The average molecular weight is 412 g/mol. The molecule has 26 heavy (non-hydrogen) atoms. The first-order chi connectivity index (χ1) is 12.2. The maximum absolute atomic E-state index is 12.4. The maximum Gasteiger partial charge on any atom is 0.263 e. The molecule has 2 rings (SSSR count). The second-order valence-electron chi connectivity index (χ2n) is 5.50. The van der Waals surface area contributed by atoms with Crippen molar-refractivity contribution in [2.75, 3.05) is 11.3 Å². The fourth-order valence-corrected chi connectivity index (χ4v) is 3.80. The van der Waals surface area contributed by atoms with Gasteiger partial charge in [0.1, 0.15) is 4.90 Å². The number of amides is 1. The van der Waals surface area contributed by atoms with E-state index in [-0.39, 0.29) is 39.0 Å². The summed E-state index contributed by atoms with van der Waals surface area (Å²) >= 11 is 11.8. The van der Waals surface area contributed by atoms with Gasteiger partial charge < -0.3 is 5.32 Å². The Morgan fingerprint density at radius 3 is 2.46 bits per heavy atom. The number of sulfonamides is 1. The summed E-state index contributed by atoms with van der Waals surface area (Å²) in [5.74, 6) is -0.646. The lowest BCUT2D eigenvalue weighted by atomic mass is 10.1. The minimum Gasteiger partial charge on any atom is -0.351 e. The molecular weight excluding hydrogens is 397 g/mol. The minimum atomic E-state index is -3.93. The van der Waals surface area contributed by atoms with Crippen molar-refractivity contribution in [3.05, 3.63) is 58.1 Å². The number of carbonyl (C=O) groups excluding carboxylic acids is 1. The van der Waals surface area contributed by atoms with Gasteiger partial charge in [-0.3, -0.25) is 9.52 Å². The summed E-state index contributed by atoms with van der Waals surface area (Å²) in [5, 5.41) is 11.6. The topological polar surface area (TPSA) is 99.1 Å². The van der Waals surface area contributed by atoms with Crippen molar-refractivity contribution in [1.29, 1.82) is 5.26 Å². The largest absolute Gasteiger partial charge is 0.351 e.